The Bertz CT molecular complexity index is 1040. The molecule has 0 bridgehead atoms. The average molecular weight is 463 g/mol. The van der Waals surface area contributed by atoms with Crippen molar-refractivity contribution in [3.05, 3.63) is 71.3 Å². The zero-order chi connectivity index (χ0) is 25.1. The Morgan fingerprint density at radius 2 is 1.85 bits per heavy atom. The van der Waals surface area contributed by atoms with Crippen molar-refractivity contribution >= 4 is 25.0 Å². The Balaban J connectivity index is 1.92. The quantitative estimate of drug-likeness (QED) is 0.242. The Kier molecular flexibility index (Phi) is 9.86. The van der Waals surface area contributed by atoms with Gasteiger partial charge in [0.1, 0.15) is 17.4 Å². The van der Waals surface area contributed by atoms with Crippen LogP contribution in [0, 0.1) is 11.3 Å². The van der Waals surface area contributed by atoms with Crippen LogP contribution in [0.5, 0.6) is 5.75 Å². The monoisotopic (exact) mass is 463 g/mol. The molecule has 0 aliphatic rings. The molecule has 0 radical (unpaired) electrons. The highest BCUT2D eigenvalue weighted by Gasteiger charge is 2.25. The molecule has 8 nitrogen and oxygen atoms in total. The van der Waals surface area contributed by atoms with Crippen molar-refractivity contribution in [2.24, 2.45) is 0 Å². The molecule has 9 heteroatoms. The molecule has 178 valence electrons. The van der Waals surface area contributed by atoms with E-state index < -0.39 is 24.5 Å². The highest BCUT2D eigenvalue weighted by Crippen LogP contribution is 2.17. The van der Waals surface area contributed by atoms with Crippen molar-refractivity contribution in [1.29, 1.82) is 5.26 Å². The van der Waals surface area contributed by atoms with Crippen molar-refractivity contribution in [3.63, 3.8) is 0 Å². The topological polar surface area (TPSA) is 132 Å². The van der Waals surface area contributed by atoms with Gasteiger partial charge >= 0.3 is 7.12 Å². The summed E-state index contributed by atoms with van der Waals surface area (Å²) in [4.78, 5) is 24.5. The number of nitrogens with zero attached hydrogens (tertiary/aromatic N) is 1. The second-order valence-corrected chi connectivity index (χ2v) is 8.82. The van der Waals surface area contributed by atoms with Gasteiger partial charge < -0.3 is 25.4 Å². The van der Waals surface area contributed by atoms with E-state index in [0.29, 0.717) is 11.3 Å². The highest BCUT2D eigenvalue weighted by atomic mass is 16.5. The van der Waals surface area contributed by atoms with Crippen molar-refractivity contribution < 1.29 is 24.4 Å². The number of nitrogens with one attached hydrogen (secondary N) is 2. The molecule has 0 aliphatic carbocycles. The molecule has 0 aromatic heterocycles. The average Bonchev–Trinajstić information content (AvgIpc) is 2.76. The number of amides is 2. The fourth-order valence-corrected chi connectivity index (χ4v) is 3.06. The van der Waals surface area contributed by atoms with E-state index in [1.165, 1.54) is 6.08 Å². The number of carbonyl (C=O) groups is 2. The van der Waals surface area contributed by atoms with Gasteiger partial charge in [-0.1, -0.05) is 42.5 Å². The molecule has 34 heavy (non-hydrogen) atoms. The molecule has 0 saturated heterocycles. The molecule has 2 aromatic carbocycles. The third-order valence-corrected chi connectivity index (χ3v) is 4.63. The van der Waals surface area contributed by atoms with Crippen molar-refractivity contribution in [2.75, 3.05) is 6.61 Å². The fraction of sp³-hybridized carbons (Fsp3) is 0.320. The van der Waals surface area contributed by atoms with E-state index in [1.807, 2.05) is 57.2 Å². The third kappa shape index (κ3) is 9.49. The van der Waals surface area contributed by atoms with Crippen LogP contribution in [0.4, 0.5) is 0 Å². The van der Waals surface area contributed by atoms with E-state index in [1.54, 1.807) is 24.3 Å². The summed E-state index contributed by atoms with van der Waals surface area (Å²) < 4.78 is 5.64. The van der Waals surface area contributed by atoms with Gasteiger partial charge in [0, 0.05) is 5.54 Å². The molecule has 1 atom stereocenters. The summed E-state index contributed by atoms with van der Waals surface area (Å²) in [5.74, 6) is -1.21. The van der Waals surface area contributed by atoms with E-state index in [-0.39, 0.29) is 30.9 Å². The molecular formula is C25H30BN3O5. The van der Waals surface area contributed by atoms with Crippen LogP contribution in [0.25, 0.3) is 6.08 Å². The van der Waals surface area contributed by atoms with E-state index in [2.05, 4.69) is 10.6 Å². The van der Waals surface area contributed by atoms with Crippen LogP contribution < -0.4 is 15.4 Å². The van der Waals surface area contributed by atoms with Crippen LogP contribution in [0.2, 0.25) is 0 Å². The minimum atomic E-state index is -1.70. The van der Waals surface area contributed by atoms with Crippen molar-refractivity contribution in [1.82, 2.24) is 10.6 Å². The Labute approximate surface area is 200 Å². The molecule has 0 unspecified atom stereocenters. The summed E-state index contributed by atoms with van der Waals surface area (Å²) in [5.41, 5.74) is 0.979. The van der Waals surface area contributed by atoms with Crippen LogP contribution in [-0.2, 0) is 16.0 Å². The smallest absolute Gasteiger partial charge is 0.475 e. The van der Waals surface area contributed by atoms with Crippen molar-refractivity contribution in [2.45, 2.75) is 45.1 Å². The maximum absolute atomic E-state index is 12.3. The first-order valence-electron chi connectivity index (χ1n) is 10.9. The van der Waals surface area contributed by atoms with Crippen LogP contribution in [0.1, 0.15) is 38.3 Å². The Hall–Kier alpha value is -3.61. The molecule has 4 N–H and O–H groups in total. The molecular weight excluding hydrogens is 433 g/mol. The standard InChI is InChI=1S/C25H30BN3O5/c1-25(2,3)29-24(31)20(17-27)14-19-10-7-11-21(15-19)34-13-12-23(30)28-22(26(32)33)16-18-8-5-4-6-9-18/h4-11,14-15,22,32-33H,12-13,16H2,1-3H3,(H,28,30)(H,29,31)/t22-/m0/s1. The van der Waals surface area contributed by atoms with E-state index in [4.69, 9.17) is 4.74 Å². The fourth-order valence-electron chi connectivity index (χ4n) is 3.06. The molecule has 0 saturated carbocycles. The first-order valence-corrected chi connectivity index (χ1v) is 10.9. The SMILES string of the molecule is CC(C)(C)NC(=O)C(C#N)=Cc1cccc(OCCC(=O)N[C@@H](Cc2ccccc2)B(O)O)c1. The first-order chi connectivity index (χ1) is 16.1. The summed E-state index contributed by atoms with van der Waals surface area (Å²) in [6.45, 7) is 5.55. The van der Waals surface area contributed by atoms with Crippen LogP contribution >= 0.6 is 0 Å². The van der Waals surface area contributed by atoms with Crippen molar-refractivity contribution in [3.8, 4) is 11.8 Å². The molecule has 2 amide bonds. The minimum absolute atomic E-state index is 0.00944. The second kappa shape index (κ2) is 12.6. The number of nitriles is 1. The molecule has 2 rings (SSSR count). The summed E-state index contributed by atoms with van der Waals surface area (Å²) in [5, 5.41) is 33.9. The van der Waals surface area contributed by atoms with Crippen LogP contribution in [0.15, 0.2) is 60.2 Å². The lowest BCUT2D eigenvalue weighted by Crippen LogP contribution is -2.48. The second-order valence-electron chi connectivity index (χ2n) is 8.82. The van der Waals surface area contributed by atoms with Gasteiger partial charge in [0.05, 0.1) is 19.0 Å². The number of hydrogen-bond donors (Lipinski definition) is 4. The van der Waals surface area contributed by atoms with E-state index >= 15 is 0 Å². The van der Waals surface area contributed by atoms with Gasteiger partial charge in [-0.25, -0.2) is 0 Å². The van der Waals surface area contributed by atoms with Crippen LogP contribution in [0.3, 0.4) is 0 Å². The number of benzene rings is 2. The maximum atomic E-state index is 12.3. The molecule has 0 heterocycles. The maximum Gasteiger partial charge on any atom is 0.475 e. The Morgan fingerprint density at radius 3 is 2.47 bits per heavy atom. The van der Waals surface area contributed by atoms with Gasteiger partial charge in [0.2, 0.25) is 5.91 Å². The molecule has 0 spiro atoms. The first kappa shape index (κ1) is 26.6. The largest absolute Gasteiger partial charge is 0.493 e. The van der Waals surface area contributed by atoms with Gasteiger partial charge in [-0.3, -0.25) is 9.59 Å². The summed E-state index contributed by atoms with van der Waals surface area (Å²) >= 11 is 0. The summed E-state index contributed by atoms with van der Waals surface area (Å²) in [6.07, 6.45) is 1.76. The Morgan fingerprint density at radius 1 is 1.15 bits per heavy atom. The number of rotatable bonds is 10. The van der Waals surface area contributed by atoms with Gasteiger partial charge in [-0.15, -0.1) is 0 Å². The minimum Gasteiger partial charge on any atom is -0.493 e. The lowest BCUT2D eigenvalue weighted by molar-refractivity contribution is -0.122. The predicted molar refractivity (Wildman–Crippen MR) is 130 cm³/mol. The lowest BCUT2D eigenvalue weighted by atomic mass is 9.76. The zero-order valence-electron chi connectivity index (χ0n) is 19.6. The summed E-state index contributed by atoms with van der Waals surface area (Å²) in [7, 11) is -1.70. The molecule has 2 aromatic rings. The van der Waals surface area contributed by atoms with E-state index in [0.717, 1.165) is 5.56 Å². The summed E-state index contributed by atoms with van der Waals surface area (Å²) in [6, 6.07) is 17.9. The lowest BCUT2D eigenvalue weighted by Gasteiger charge is -2.20. The van der Waals surface area contributed by atoms with Gasteiger partial charge in [-0.2, -0.15) is 5.26 Å². The number of carbonyl (C=O) groups excluding carboxylic acids is 2. The van der Waals surface area contributed by atoms with Gasteiger partial charge in [0.15, 0.2) is 0 Å². The van der Waals surface area contributed by atoms with Crippen LogP contribution in [-0.4, -0.2) is 47.1 Å². The highest BCUT2D eigenvalue weighted by molar-refractivity contribution is 6.43. The zero-order valence-corrected chi connectivity index (χ0v) is 19.6. The predicted octanol–water partition coefficient (Wildman–Crippen LogP) is 2.02. The third-order valence-electron chi connectivity index (χ3n) is 4.63. The normalized spacial score (nSPS) is 12.3. The van der Waals surface area contributed by atoms with E-state index in [9.17, 15) is 24.9 Å². The number of ether oxygens (including phenoxy) is 1. The molecule has 0 aliphatic heterocycles. The van der Waals surface area contributed by atoms with Gasteiger partial charge in [0.25, 0.3) is 5.91 Å². The van der Waals surface area contributed by atoms with Gasteiger partial charge in [-0.05, 0) is 56.5 Å². The number of hydrogen-bond acceptors (Lipinski definition) is 6. The molecule has 0 fully saturated rings.